The number of ether oxygens (including phenoxy) is 1. The van der Waals surface area contributed by atoms with Crippen molar-refractivity contribution in [1.82, 2.24) is 0 Å². The second-order valence-electron chi connectivity index (χ2n) is 3.59. The Morgan fingerprint density at radius 1 is 1.14 bits per heavy atom. The number of hydrogen-bond donors (Lipinski definition) is 0. The van der Waals surface area contributed by atoms with Crippen LogP contribution in [-0.4, -0.2) is 12.6 Å². The minimum absolute atomic E-state index is 0.0507. The molecule has 14 heavy (non-hydrogen) atoms. The van der Waals surface area contributed by atoms with E-state index in [1.54, 1.807) is 0 Å². The number of hydrogen-bond acceptors (Lipinski definition) is 2. The van der Waals surface area contributed by atoms with Crippen molar-refractivity contribution >= 4 is 5.97 Å². The monoisotopic (exact) mass is 199 g/mol. The van der Waals surface area contributed by atoms with Gasteiger partial charge in [0, 0.05) is 6.42 Å². The maximum Gasteiger partial charge on any atom is 0.305 e. The summed E-state index contributed by atoms with van der Waals surface area (Å²) in [7, 11) is 0. The average Bonchev–Trinajstić information content (AvgIpc) is 2.17. The minimum atomic E-state index is -0.0507. The van der Waals surface area contributed by atoms with E-state index in [9.17, 15) is 4.79 Å². The molecule has 2 heteroatoms. The highest BCUT2D eigenvalue weighted by Crippen LogP contribution is 2.05. The molecule has 0 fully saturated rings. The molecule has 0 rings (SSSR count). The standard InChI is InChI=1S/C12H23O2/c1-3-5-6-7-8-9-11-14-12(13)10-4-2/h1,3-11H2,2H3. The Kier molecular flexibility index (Phi) is 10.2. The second-order valence-corrected chi connectivity index (χ2v) is 3.59. The summed E-state index contributed by atoms with van der Waals surface area (Å²) in [4.78, 5) is 10.9. The van der Waals surface area contributed by atoms with Crippen LogP contribution in [0.1, 0.15) is 58.3 Å². The molecule has 0 spiro atoms. The van der Waals surface area contributed by atoms with E-state index in [0.717, 1.165) is 19.3 Å². The van der Waals surface area contributed by atoms with Crippen LogP contribution in [0.5, 0.6) is 0 Å². The highest BCUT2D eigenvalue weighted by molar-refractivity contribution is 5.69. The first-order valence-corrected chi connectivity index (χ1v) is 5.76. The van der Waals surface area contributed by atoms with Crippen molar-refractivity contribution in [2.24, 2.45) is 0 Å². The Morgan fingerprint density at radius 2 is 1.79 bits per heavy atom. The third-order valence-corrected chi connectivity index (χ3v) is 2.11. The quantitative estimate of drug-likeness (QED) is 0.419. The molecule has 0 aromatic rings. The van der Waals surface area contributed by atoms with Crippen LogP contribution in [0, 0.1) is 6.92 Å². The van der Waals surface area contributed by atoms with Gasteiger partial charge in [0.25, 0.3) is 0 Å². The molecule has 2 nitrogen and oxygen atoms in total. The predicted octanol–water partition coefficient (Wildman–Crippen LogP) is 3.50. The molecule has 0 aliphatic carbocycles. The van der Waals surface area contributed by atoms with Crippen LogP contribution in [0.4, 0.5) is 0 Å². The third-order valence-electron chi connectivity index (χ3n) is 2.11. The predicted molar refractivity (Wildman–Crippen MR) is 58.9 cm³/mol. The summed E-state index contributed by atoms with van der Waals surface area (Å²) in [6.07, 6.45) is 8.35. The molecule has 0 bridgehead atoms. The summed E-state index contributed by atoms with van der Waals surface area (Å²) in [6, 6.07) is 0. The van der Waals surface area contributed by atoms with Crippen molar-refractivity contribution in [3.05, 3.63) is 6.92 Å². The Morgan fingerprint density at radius 3 is 2.43 bits per heavy atom. The molecule has 0 atom stereocenters. The summed E-state index contributed by atoms with van der Waals surface area (Å²) in [5.74, 6) is -0.0507. The smallest absolute Gasteiger partial charge is 0.305 e. The molecule has 0 amide bonds. The lowest BCUT2D eigenvalue weighted by Gasteiger charge is -2.03. The van der Waals surface area contributed by atoms with Gasteiger partial charge in [-0.25, -0.2) is 0 Å². The van der Waals surface area contributed by atoms with Crippen LogP contribution in [0.3, 0.4) is 0 Å². The topological polar surface area (TPSA) is 26.3 Å². The van der Waals surface area contributed by atoms with Gasteiger partial charge in [0.05, 0.1) is 6.61 Å². The van der Waals surface area contributed by atoms with Gasteiger partial charge in [-0.2, -0.15) is 0 Å². The van der Waals surface area contributed by atoms with Crippen LogP contribution in [0.15, 0.2) is 0 Å². The lowest BCUT2D eigenvalue weighted by Crippen LogP contribution is -2.04. The summed E-state index contributed by atoms with van der Waals surface area (Å²) in [5.41, 5.74) is 0. The molecule has 83 valence electrons. The molecular formula is C12H23O2. The molecule has 0 aromatic heterocycles. The molecule has 0 saturated heterocycles. The Bertz CT molecular complexity index is 132. The normalized spacial score (nSPS) is 10.1. The molecular weight excluding hydrogens is 176 g/mol. The summed E-state index contributed by atoms with van der Waals surface area (Å²) in [5, 5.41) is 0. The Balaban J connectivity index is 3.01. The van der Waals surface area contributed by atoms with Gasteiger partial charge in [-0.15, -0.1) is 0 Å². The number of carbonyl (C=O) groups is 1. The zero-order valence-electron chi connectivity index (χ0n) is 9.39. The van der Waals surface area contributed by atoms with Gasteiger partial charge < -0.3 is 4.74 Å². The van der Waals surface area contributed by atoms with Gasteiger partial charge in [-0.05, 0) is 12.8 Å². The summed E-state index contributed by atoms with van der Waals surface area (Å²) < 4.78 is 5.04. The van der Waals surface area contributed by atoms with Gasteiger partial charge in [0.15, 0.2) is 0 Å². The molecule has 0 unspecified atom stereocenters. The first-order chi connectivity index (χ1) is 6.81. The number of unbranched alkanes of at least 4 members (excludes halogenated alkanes) is 5. The first-order valence-electron chi connectivity index (χ1n) is 5.76. The van der Waals surface area contributed by atoms with Crippen molar-refractivity contribution in [2.45, 2.75) is 58.3 Å². The van der Waals surface area contributed by atoms with Gasteiger partial charge in [-0.1, -0.05) is 46.0 Å². The van der Waals surface area contributed by atoms with E-state index < -0.39 is 0 Å². The lowest BCUT2D eigenvalue weighted by atomic mass is 10.1. The molecule has 1 radical (unpaired) electrons. The van der Waals surface area contributed by atoms with Gasteiger partial charge in [-0.3, -0.25) is 4.79 Å². The highest BCUT2D eigenvalue weighted by Gasteiger charge is 1.99. The molecule has 0 saturated carbocycles. The zero-order chi connectivity index (χ0) is 10.6. The van der Waals surface area contributed by atoms with E-state index in [2.05, 4.69) is 6.92 Å². The van der Waals surface area contributed by atoms with E-state index in [-0.39, 0.29) is 5.97 Å². The average molecular weight is 199 g/mol. The fraction of sp³-hybridized carbons (Fsp3) is 0.833. The van der Waals surface area contributed by atoms with E-state index in [4.69, 9.17) is 4.74 Å². The van der Waals surface area contributed by atoms with Crippen LogP contribution in [0.25, 0.3) is 0 Å². The maximum atomic E-state index is 10.9. The van der Waals surface area contributed by atoms with Crippen LogP contribution < -0.4 is 0 Å². The molecule has 0 aromatic carbocycles. The van der Waals surface area contributed by atoms with E-state index >= 15 is 0 Å². The van der Waals surface area contributed by atoms with Gasteiger partial charge in [0.1, 0.15) is 0 Å². The highest BCUT2D eigenvalue weighted by atomic mass is 16.5. The first kappa shape index (κ1) is 13.5. The minimum Gasteiger partial charge on any atom is -0.466 e. The van der Waals surface area contributed by atoms with Crippen molar-refractivity contribution in [1.29, 1.82) is 0 Å². The van der Waals surface area contributed by atoms with E-state index in [1.807, 2.05) is 6.92 Å². The van der Waals surface area contributed by atoms with Crippen molar-refractivity contribution in [3.63, 3.8) is 0 Å². The number of carbonyl (C=O) groups excluding carboxylic acids is 1. The van der Waals surface area contributed by atoms with Gasteiger partial charge in [0.2, 0.25) is 0 Å². The van der Waals surface area contributed by atoms with Crippen LogP contribution in [-0.2, 0) is 9.53 Å². The largest absolute Gasteiger partial charge is 0.466 e. The van der Waals surface area contributed by atoms with Crippen LogP contribution in [0.2, 0.25) is 0 Å². The zero-order valence-corrected chi connectivity index (χ0v) is 9.39. The summed E-state index contributed by atoms with van der Waals surface area (Å²) in [6.45, 7) is 6.38. The lowest BCUT2D eigenvalue weighted by molar-refractivity contribution is -0.143. The van der Waals surface area contributed by atoms with E-state index in [0.29, 0.717) is 13.0 Å². The summed E-state index contributed by atoms with van der Waals surface area (Å²) >= 11 is 0. The number of rotatable bonds is 9. The van der Waals surface area contributed by atoms with E-state index in [1.165, 1.54) is 25.7 Å². The SMILES string of the molecule is [CH2]CCCCCCCOC(=O)CCC. The Hall–Kier alpha value is -0.530. The third kappa shape index (κ3) is 9.56. The fourth-order valence-electron chi connectivity index (χ4n) is 1.27. The maximum absolute atomic E-state index is 10.9. The van der Waals surface area contributed by atoms with Crippen molar-refractivity contribution < 1.29 is 9.53 Å². The molecule has 0 heterocycles. The molecule has 0 N–H and O–H groups in total. The van der Waals surface area contributed by atoms with Crippen molar-refractivity contribution in [2.75, 3.05) is 6.61 Å². The van der Waals surface area contributed by atoms with Crippen LogP contribution >= 0.6 is 0 Å². The Labute approximate surface area is 88.0 Å². The number of esters is 1. The van der Waals surface area contributed by atoms with Crippen molar-refractivity contribution in [3.8, 4) is 0 Å². The second kappa shape index (κ2) is 10.6. The molecule has 0 aliphatic heterocycles. The fourth-order valence-corrected chi connectivity index (χ4v) is 1.27. The van der Waals surface area contributed by atoms with Gasteiger partial charge >= 0.3 is 5.97 Å². The molecule has 0 aliphatic rings.